The molecule has 150 valence electrons. The summed E-state index contributed by atoms with van der Waals surface area (Å²) in [6.45, 7) is 8.04. The molecule has 2 aliphatic rings. The van der Waals surface area contributed by atoms with E-state index in [2.05, 4.69) is 24.1 Å². The number of hydrogen-bond acceptors (Lipinski definition) is 3. The molecule has 0 bridgehead atoms. The molecule has 1 amide bonds. The highest BCUT2D eigenvalue weighted by atomic mass is 16.2. The molecule has 0 spiro atoms. The third-order valence-electron chi connectivity index (χ3n) is 5.68. The average molecular weight is 391 g/mol. The van der Waals surface area contributed by atoms with Crippen LogP contribution in [0.1, 0.15) is 52.1 Å². The van der Waals surface area contributed by atoms with Gasteiger partial charge in [0.05, 0.1) is 17.4 Å². The fourth-order valence-electron chi connectivity index (χ4n) is 4.40. The fraction of sp³-hybridized carbons (Fsp3) is 0.375. The minimum atomic E-state index is -0.461. The van der Waals surface area contributed by atoms with E-state index in [0.717, 1.165) is 29.1 Å². The van der Waals surface area contributed by atoms with Crippen LogP contribution >= 0.6 is 0 Å². The number of ketones is 1. The van der Waals surface area contributed by atoms with Crippen molar-refractivity contribution in [1.82, 2.24) is 0 Å². The molecule has 1 unspecified atom stereocenters. The molecule has 5 heteroatoms. The summed E-state index contributed by atoms with van der Waals surface area (Å²) < 4.78 is 0. The number of aromatic nitrogens is 1. The number of carbonyl (C=O) groups is 2. The van der Waals surface area contributed by atoms with Crippen LogP contribution in [0.4, 0.5) is 11.4 Å². The van der Waals surface area contributed by atoms with Gasteiger partial charge in [0, 0.05) is 35.2 Å². The highest BCUT2D eigenvalue weighted by Crippen LogP contribution is 2.48. The van der Waals surface area contributed by atoms with Crippen molar-refractivity contribution in [3.63, 3.8) is 0 Å². The molecule has 1 aliphatic carbocycles. The Labute approximate surface area is 171 Å². The third-order valence-corrected chi connectivity index (χ3v) is 5.68. The molecule has 0 saturated carbocycles. The topological polar surface area (TPSA) is 63.6 Å². The smallest absolute Gasteiger partial charge is 0.230 e. The Bertz CT molecular complexity index is 992. The molecular formula is C24H28N3O2+. The second-order valence-corrected chi connectivity index (χ2v) is 9.08. The van der Waals surface area contributed by atoms with Gasteiger partial charge in [-0.3, -0.25) is 14.5 Å². The van der Waals surface area contributed by atoms with Crippen LogP contribution in [0, 0.1) is 11.3 Å². The first kappa shape index (κ1) is 19.4. The first-order valence-corrected chi connectivity index (χ1v) is 10.2. The van der Waals surface area contributed by atoms with E-state index < -0.39 is 6.04 Å². The molecule has 1 aromatic heterocycles. The van der Waals surface area contributed by atoms with E-state index in [1.54, 1.807) is 0 Å². The van der Waals surface area contributed by atoms with E-state index in [1.807, 2.05) is 67.5 Å². The van der Waals surface area contributed by atoms with Crippen molar-refractivity contribution in [2.24, 2.45) is 11.3 Å². The molecular weight excluding hydrogens is 362 g/mol. The Morgan fingerprint density at radius 3 is 2.62 bits per heavy atom. The third kappa shape index (κ3) is 3.46. The van der Waals surface area contributed by atoms with Gasteiger partial charge in [0.25, 0.3) is 0 Å². The molecule has 2 N–H and O–H groups in total. The predicted molar refractivity (Wildman–Crippen MR) is 113 cm³/mol. The number of anilines is 2. The van der Waals surface area contributed by atoms with Gasteiger partial charge < -0.3 is 5.32 Å². The maximum atomic E-state index is 13.5. The minimum absolute atomic E-state index is 0.000475. The fourth-order valence-corrected chi connectivity index (χ4v) is 4.40. The molecule has 2 aromatic rings. The number of rotatable bonds is 2. The lowest BCUT2D eigenvalue weighted by Crippen LogP contribution is -2.41. The highest BCUT2D eigenvalue weighted by Gasteiger charge is 2.43. The zero-order valence-electron chi connectivity index (χ0n) is 17.5. The number of fused-ring (bicyclic) bond motifs is 1. The van der Waals surface area contributed by atoms with E-state index in [-0.39, 0.29) is 23.0 Å². The normalized spacial score (nSPS) is 20.7. The van der Waals surface area contributed by atoms with Crippen molar-refractivity contribution in [1.29, 1.82) is 0 Å². The lowest BCUT2D eigenvalue weighted by atomic mass is 9.73. The Hall–Kier alpha value is -2.95. The quantitative estimate of drug-likeness (QED) is 0.832. The van der Waals surface area contributed by atoms with Crippen LogP contribution in [0.2, 0.25) is 0 Å². The average Bonchev–Trinajstić information content (AvgIpc) is 2.81. The molecule has 2 heterocycles. The summed E-state index contributed by atoms with van der Waals surface area (Å²) >= 11 is 0. The number of para-hydroxylation sites is 2. The maximum absolute atomic E-state index is 13.5. The van der Waals surface area contributed by atoms with Gasteiger partial charge in [-0.25, -0.2) is 4.98 Å². The van der Waals surface area contributed by atoms with Crippen LogP contribution in [0.25, 0.3) is 0 Å². The number of benzene rings is 1. The van der Waals surface area contributed by atoms with E-state index in [4.69, 9.17) is 0 Å². The van der Waals surface area contributed by atoms with E-state index in [9.17, 15) is 9.59 Å². The number of hydrogen-bond donors (Lipinski definition) is 1. The molecule has 1 aliphatic heterocycles. The zero-order valence-corrected chi connectivity index (χ0v) is 17.5. The van der Waals surface area contributed by atoms with Gasteiger partial charge in [0.1, 0.15) is 0 Å². The zero-order chi connectivity index (χ0) is 20.8. The van der Waals surface area contributed by atoms with Crippen molar-refractivity contribution in [2.75, 3.05) is 10.2 Å². The second-order valence-electron chi connectivity index (χ2n) is 9.08. The first-order valence-electron chi connectivity index (χ1n) is 10.2. The predicted octanol–water partition coefficient (Wildman–Crippen LogP) is 4.30. The number of carbonyl (C=O) groups excluding carboxylic acids is 2. The molecule has 0 fully saturated rings. The van der Waals surface area contributed by atoms with Crippen LogP contribution in [-0.2, 0) is 9.59 Å². The van der Waals surface area contributed by atoms with Crippen LogP contribution in [0.5, 0.6) is 0 Å². The summed E-state index contributed by atoms with van der Waals surface area (Å²) in [5, 5.41) is 3.53. The van der Waals surface area contributed by atoms with Gasteiger partial charge in [-0.1, -0.05) is 39.8 Å². The van der Waals surface area contributed by atoms with Gasteiger partial charge in [-0.15, -0.1) is 0 Å². The molecule has 4 rings (SSSR count). The lowest BCUT2D eigenvalue weighted by Gasteiger charge is -2.37. The number of pyridine rings is 1. The first-order chi connectivity index (χ1) is 13.8. The molecule has 29 heavy (non-hydrogen) atoms. The minimum Gasteiger partial charge on any atom is -0.357 e. The van der Waals surface area contributed by atoms with E-state index in [1.165, 1.54) is 0 Å². The summed E-state index contributed by atoms with van der Waals surface area (Å²) in [6, 6.07) is 11.3. The van der Waals surface area contributed by atoms with Gasteiger partial charge >= 0.3 is 0 Å². The second kappa shape index (κ2) is 7.14. The SMILES string of the molecule is CC(C)C(=O)N1c2ccccc2NC2=C(C(=O)CC(C)(C)C2)C1c1ccc[nH+]c1. The van der Waals surface area contributed by atoms with Crippen molar-refractivity contribution in [2.45, 2.75) is 46.6 Å². The number of amides is 1. The van der Waals surface area contributed by atoms with Crippen LogP contribution < -0.4 is 15.2 Å². The number of aromatic amines is 1. The Balaban J connectivity index is 2.02. The van der Waals surface area contributed by atoms with Crippen LogP contribution in [-0.4, -0.2) is 11.7 Å². The number of nitrogens with one attached hydrogen (secondary N) is 2. The maximum Gasteiger partial charge on any atom is 0.230 e. The van der Waals surface area contributed by atoms with Crippen molar-refractivity contribution >= 4 is 23.1 Å². The molecule has 0 saturated heterocycles. The van der Waals surface area contributed by atoms with E-state index >= 15 is 0 Å². The van der Waals surface area contributed by atoms with E-state index in [0.29, 0.717) is 12.0 Å². The summed E-state index contributed by atoms with van der Waals surface area (Å²) in [7, 11) is 0. The van der Waals surface area contributed by atoms with Gasteiger partial charge in [0.2, 0.25) is 5.91 Å². The summed E-state index contributed by atoms with van der Waals surface area (Å²) in [5.41, 5.74) is 4.07. The largest absolute Gasteiger partial charge is 0.357 e. The molecule has 0 radical (unpaired) electrons. The highest BCUT2D eigenvalue weighted by molar-refractivity contribution is 6.06. The molecule has 5 nitrogen and oxygen atoms in total. The number of nitrogens with zero attached hydrogens (tertiary/aromatic N) is 1. The number of allylic oxidation sites excluding steroid dienone is 1. The Morgan fingerprint density at radius 1 is 1.17 bits per heavy atom. The van der Waals surface area contributed by atoms with Crippen molar-refractivity contribution < 1.29 is 14.6 Å². The molecule has 1 aromatic carbocycles. The van der Waals surface area contributed by atoms with Crippen molar-refractivity contribution in [3.8, 4) is 0 Å². The number of Topliss-reactive ketones (excluding diaryl/α,β-unsaturated/α-hetero) is 1. The van der Waals surface area contributed by atoms with Gasteiger partial charge in [0.15, 0.2) is 18.2 Å². The lowest BCUT2D eigenvalue weighted by molar-refractivity contribution is -0.378. The van der Waals surface area contributed by atoms with Gasteiger partial charge in [-0.05, 0) is 30.0 Å². The molecule has 1 atom stereocenters. The standard InChI is InChI=1S/C24H27N3O2/c1-15(2)23(29)27-19-10-6-5-9-17(19)26-18-12-24(3,4)13-20(28)21(18)22(27)16-8-7-11-25-14-16/h5-11,14-15,22,26H,12-13H2,1-4H3/p+1. The summed E-state index contributed by atoms with van der Waals surface area (Å²) in [5.74, 6) is -0.0954. The Kier molecular flexibility index (Phi) is 4.77. The number of H-pyrrole nitrogens is 1. The van der Waals surface area contributed by atoms with Crippen LogP contribution in [0.15, 0.2) is 60.1 Å². The summed E-state index contributed by atoms with van der Waals surface area (Å²) in [4.78, 5) is 31.8. The Morgan fingerprint density at radius 2 is 1.93 bits per heavy atom. The summed E-state index contributed by atoms with van der Waals surface area (Å²) in [6.07, 6.45) is 4.96. The van der Waals surface area contributed by atoms with Gasteiger partial charge in [-0.2, -0.15) is 0 Å². The van der Waals surface area contributed by atoms with Crippen molar-refractivity contribution in [3.05, 3.63) is 65.6 Å². The van der Waals surface area contributed by atoms with Crippen LogP contribution in [0.3, 0.4) is 0 Å². The monoisotopic (exact) mass is 390 g/mol.